The zero-order chi connectivity index (χ0) is 23.5. The van der Waals surface area contributed by atoms with E-state index in [9.17, 15) is 18.3 Å². The number of carboxylic acids is 1. The molecule has 1 atom stereocenters. The second-order valence-electron chi connectivity index (χ2n) is 6.93. The molecule has 2 N–H and O–H groups in total. The smallest absolute Gasteiger partial charge is 0.325 e. The lowest BCUT2D eigenvalue weighted by atomic mass is 10.0. The molecule has 0 radical (unpaired) electrons. The fraction of sp³-hybridized carbons (Fsp3) is 0.435. The van der Waals surface area contributed by atoms with E-state index in [0.717, 1.165) is 13.1 Å². The van der Waals surface area contributed by atoms with Crippen LogP contribution in [0.4, 0.5) is 0 Å². The van der Waals surface area contributed by atoms with Crippen molar-refractivity contribution in [3.63, 3.8) is 0 Å². The highest BCUT2D eigenvalue weighted by molar-refractivity contribution is 7.93. The van der Waals surface area contributed by atoms with E-state index in [0.29, 0.717) is 23.7 Å². The molecule has 0 bridgehead atoms. The third-order valence-electron chi connectivity index (χ3n) is 4.69. The summed E-state index contributed by atoms with van der Waals surface area (Å²) in [6.07, 6.45) is -0.164. The number of benzene rings is 2. The van der Waals surface area contributed by atoms with Crippen molar-refractivity contribution in [2.75, 3.05) is 26.8 Å². The third kappa shape index (κ3) is 6.97. The van der Waals surface area contributed by atoms with E-state index in [-0.39, 0.29) is 11.3 Å². The number of carboxylic acid groups (broad SMARTS) is 1. The Labute approximate surface area is 185 Å². The van der Waals surface area contributed by atoms with Crippen molar-refractivity contribution < 1.29 is 27.8 Å². The maximum atomic E-state index is 13.0. The minimum Gasteiger partial charge on any atom is -0.497 e. The highest BCUT2D eigenvalue weighted by Gasteiger charge is 2.47. The van der Waals surface area contributed by atoms with Crippen LogP contribution in [0.3, 0.4) is 0 Å². The summed E-state index contributed by atoms with van der Waals surface area (Å²) in [5, 5.41) is 12.8. The summed E-state index contributed by atoms with van der Waals surface area (Å²) in [6.45, 7) is 9.99. The summed E-state index contributed by atoms with van der Waals surface area (Å²) in [4.78, 5) is 11.8. The predicted molar refractivity (Wildman–Crippen MR) is 122 cm³/mol. The monoisotopic (exact) mass is 451 g/mol. The maximum Gasteiger partial charge on any atom is 0.325 e. The van der Waals surface area contributed by atoms with Crippen LogP contribution in [0.15, 0.2) is 53.4 Å². The Balaban J connectivity index is 0.000000861. The first kappa shape index (κ1) is 26.5. The summed E-state index contributed by atoms with van der Waals surface area (Å²) < 4.78 is 34.4. The Bertz CT molecular complexity index is 908. The van der Waals surface area contributed by atoms with Gasteiger partial charge in [0.05, 0.1) is 18.6 Å². The first-order valence-electron chi connectivity index (χ1n) is 10.2. The van der Waals surface area contributed by atoms with E-state index in [1.54, 1.807) is 24.3 Å². The minimum absolute atomic E-state index is 0.0610. The van der Waals surface area contributed by atoms with Gasteiger partial charge in [0.2, 0.25) is 0 Å². The number of rotatable bonds is 10. The van der Waals surface area contributed by atoms with Gasteiger partial charge < -0.3 is 19.9 Å². The average Bonchev–Trinajstić information content (AvgIpc) is 2.76. The molecule has 0 fully saturated rings. The molecule has 1 unspecified atom stereocenters. The Morgan fingerprint density at radius 3 is 1.87 bits per heavy atom. The largest absolute Gasteiger partial charge is 0.497 e. The van der Waals surface area contributed by atoms with Gasteiger partial charge in [0.1, 0.15) is 11.5 Å². The second kappa shape index (κ2) is 12.3. The normalized spacial score (nSPS) is 12.8. The van der Waals surface area contributed by atoms with Crippen LogP contribution in [0.2, 0.25) is 0 Å². The fourth-order valence-corrected chi connectivity index (χ4v) is 4.41. The molecule has 0 amide bonds. The molecule has 8 heteroatoms. The van der Waals surface area contributed by atoms with Crippen LogP contribution in [0.1, 0.15) is 33.3 Å². The number of ether oxygens (including phenoxy) is 2. The number of nitrogens with one attached hydrogen (secondary N) is 1. The molecule has 0 heterocycles. The predicted octanol–water partition coefficient (Wildman–Crippen LogP) is 3.57. The lowest BCUT2D eigenvalue weighted by Gasteiger charge is -2.25. The summed E-state index contributed by atoms with van der Waals surface area (Å²) in [6, 6.07) is 12.4. The first-order valence-corrected chi connectivity index (χ1v) is 11.7. The van der Waals surface area contributed by atoms with Crippen molar-refractivity contribution in [2.45, 2.75) is 43.8 Å². The van der Waals surface area contributed by atoms with Gasteiger partial charge in [-0.25, -0.2) is 8.42 Å². The number of methoxy groups -OCH3 is 1. The highest BCUT2D eigenvalue weighted by atomic mass is 32.2. The van der Waals surface area contributed by atoms with Crippen LogP contribution in [-0.2, 0) is 21.1 Å². The van der Waals surface area contributed by atoms with Crippen LogP contribution < -0.4 is 14.8 Å². The Morgan fingerprint density at radius 1 is 0.968 bits per heavy atom. The molecule has 0 aliphatic rings. The molecule has 0 aliphatic heterocycles. The van der Waals surface area contributed by atoms with Crippen molar-refractivity contribution in [2.24, 2.45) is 0 Å². The molecule has 2 aromatic carbocycles. The number of hydrogen-bond donors (Lipinski definition) is 2. The lowest BCUT2D eigenvalue weighted by Crippen LogP contribution is -2.45. The number of hydrogen-bond acceptors (Lipinski definition) is 6. The Hall–Kier alpha value is -2.58. The van der Waals surface area contributed by atoms with Gasteiger partial charge in [-0.2, -0.15) is 0 Å². The van der Waals surface area contributed by atoms with E-state index in [1.807, 2.05) is 6.92 Å². The molecule has 0 saturated heterocycles. The minimum atomic E-state index is -4.13. The molecule has 31 heavy (non-hydrogen) atoms. The quantitative estimate of drug-likeness (QED) is 0.569. The van der Waals surface area contributed by atoms with Crippen LogP contribution in [0.25, 0.3) is 0 Å². The van der Waals surface area contributed by atoms with Crippen molar-refractivity contribution in [3.05, 3.63) is 54.1 Å². The van der Waals surface area contributed by atoms with Gasteiger partial charge in [-0.3, -0.25) is 4.79 Å². The topological polar surface area (TPSA) is 102 Å². The lowest BCUT2D eigenvalue weighted by molar-refractivity contribution is -0.139. The number of carbonyl (C=O) groups is 1. The molecule has 0 aliphatic carbocycles. The third-order valence-corrected chi connectivity index (χ3v) is 7.09. The molecule has 0 aromatic heterocycles. The van der Waals surface area contributed by atoms with Gasteiger partial charge in [0.25, 0.3) is 0 Å². The standard InChI is InChI=1S/C19H22O6S.C4H11N/c1-4-25-16-7-5-14(6-8-16)13-19(2,18(20)21)26(22,23)17-11-9-15(24-3)10-12-17;1-3-5-4-2/h5-12H,4,13H2,1-3H3,(H,20,21);5H,3-4H2,1-2H3. The first-order chi connectivity index (χ1) is 14.7. The Kier molecular flexibility index (Phi) is 10.5. The summed E-state index contributed by atoms with van der Waals surface area (Å²) in [5.41, 5.74) is 0.593. The Morgan fingerprint density at radius 2 is 1.48 bits per heavy atom. The van der Waals surface area contributed by atoms with Gasteiger partial charge in [0.15, 0.2) is 14.6 Å². The van der Waals surface area contributed by atoms with Crippen LogP contribution in [0.5, 0.6) is 11.5 Å². The average molecular weight is 452 g/mol. The molecule has 0 spiro atoms. The molecule has 7 nitrogen and oxygen atoms in total. The van der Waals surface area contributed by atoms with Crippen molar-refractivity contribution in [3.8, 4) is 11.5 Å². The SMILES string of the molecule is CCNCC.CCOc1ccc(CC(C)(C(=O)O)S(=O)(=O)c2ccc(OC)cc2)cc1. The molecule has 2 rings (SSSR count). The second-order valence-corrected chi connectivity index (χ2v) is 9.31. The molecule has 0 saturated carbocycles. The molecule has 172 valence electrons. The van der Waals surface area contributed by atoms with E-state index >= 15 is 0 Å². The molecular formula is C23H33NO6S. The molecule has 2 aromatic rings. The van der Waals surface area contributed by atoms with Gasteiger partial charge in [0, 0.05) is 6.42 Å². The van der Waals surface area contributed by atoms with Crippen molar-refractivity contribution in [1.82, 2.24) is 5.32 Å². The zero-order valence-corrected chi connectivity index (χ0v) is 19.7. The summed E-state index contributed by atoms with van der Waals surface area (Å²) in [5.74, 6) is -0.263. The van der Waals surface area contributed by atoms with Gasteiger partial charge in [-0.1, -0.05) is 26.0 Å². The number of aliphatic carboxylic acids is 1. The molecular weight excluding hydrogens is 418 g/mol. The summed E-state index contributed by atoms with van der Waals surface area (Å²) >= 11 is 0. The van der Waals surface area contributed by atoms with Crippen LogP contribution in [0, 0.1) is 0 Å². The maximum absolute atomic E-state index is 13.0. The fourth-order valence-electron chi connectivity index (χ4n) is 2.81. The van der Waals surface area contributed by atoms with E-state index in [1.165, 1.54) is 38.3 Å². The number of sulfone groups is 1. The van der Waals surface area contributed by atoms with E-state index < -0.39 is 20.6 Å². The highest BCUT2D eigenvalue weighted by Crippen LogP contribution is 2.31. The van der Waals surface area contributed by atoms with Gasteiger partial charge in [-0.15, -0.1) is 0 Å². The van der Waals surface area contributed by atoms with E-state index in [2.05, 4.69) is 19.2 Å². The summed E-state index contributed by atoms with van der Waals surface area (Å²) in [7, 11) is -2.66. The van der Waals surface area contributed by atoms with Crippen LogP contribution >= 0.6 is 0 Å². The van der Waals surface area contributed by atoms with Gasteiger partial charge in [-0.05, 0) is 68.9 Å². The van der Waals surface area contributed by atoms with E-state index in [4.69, 9.17) is 9.47 Å². The van der Waals surface area contributed by atoms with Gasteiger partial charge >= 0.3 is 5.97 Å². The van der Waals surface area contributed by atoms with Crippen LogP contribution in [-0.4, -0.2) is 51.0 Å². The van der Waals surface area contributed by atoms with Crippen molar-refractivity contribution >= 4 is 15.8 Å². The van der Waals surface area contributed by atoms with Crippen molar-refractivity contribution in [1.29, 1.82) is 0 Å². The zero-order valence-electron chi connectivity index (χ0n) is 18.8.